The average Bonchev–Trinajstić information content (AvgIpc) is 3.20. The van der Waals surface area contributed by atoms with Crippen molar-refractivity contribution in [2.45, 2.75) is 19.4 Å². The van der Waals surface area contributed by atoms with Crippen molar-refractivity contribution in [3.8, 4) is 6.07 Å². The molecular formula is C18H17N7O2. The Kier molecular flexibility index (Phi) is 4.38. The number of rotatable bonds is 4. The molecular weight excluding hydrogens is 346 g/mol. The van der Waals surface area contributed by atoms with Crippen molar-refractivity contribution >= 4 is 22.4 Å². The molecule has 0 amide bonds. The Balaban J connectivity index is 1.55. The molecule has 0 unspecified atom stereocenters. The van der Waals surface area contributed by atoms with E-state index in [0.717, 1.165) is 38.3 Å². The maximum atomic E-state index is 11.0. The first-order chi connectivity index (χ1) is 13.1. The van der Waals surface area contributed by atoms with Crippen LogP contribution in [0.1, 0.15) is 18.4 Å². The number of fused-ring (bicyclic) bond motifs is 1. The van der Waals surface area contributed by atoms with E-state index in [0.29, 0.717) is 22.4 Å². The van der Waals surface area contributed by atoms with Crippen LogP contribution in [0.2, 0.25) is 0 Å². The van der Waals surface area contributed by atoms with Crippen LogP contribution < -0.4 is 4.90 Å². The molecule has 9 heteroatoms. The Bertz CT molecular complexity index is 1020. The van der Waals surface area contributed by atoms with Crippen LogP contribution in [0.5, 0.6) is 0 Å². The molecule has 0 spiro atoms. The van der Waals surface area contributed by atoms with Gasteiger partial charge in [-0.3, -0.25) is 14.8 Å². The Labute approximate surface area is 155 Å². The van der Waals surface area contributed by atoms with E-state index in [9.17, 15) is 15.4 Å². The van der Waals surface area contributed by atoms with Gasteiger partial charge in [-0.1, -0.05) is 5.21 Å². The largest absolute Gasteiger partial charge is 0.357 e. The number of aromatic nitrogens is 4. The lowest BCUT2D eigenvalue weighted by Crippen LogP contribution is -2.35. The summed E-state index contributed by atoms with van der Waals surface area (Å²) in [6.07, 6.45) is 5.56. The monoisotopic (exact) mass is 363 g/mol. The molecule has 1 fully saturated rings. The molecule has 0 bridgehead atoms. The average molecular weight is 363 g/mol. The Morgan fingerprint density at radius 1 is 1.30 bits per heavy atom. The fourth-order valence-electron chi connectivity index (χ4n) is 3.51. The Morgan fingerprint density at radius 2 is 2.11 bits per heavy atom. The van der Waals surface area contributed by atoms with E-state index in [-0.39, 0.29) is 5.69 Å². The fraction of sp³-hybridized carbons (Fsp3) is 0.333. The third-order valence-electron chi connectivity index (χ3n) is 4.97. The van der Waals surface area contributed by atoms with Crippen LogP contribution in [-0.4, -0.2) is 38.0 Å². The number of pyridine rings is 1. The maximum Gasteiger partial charge on any atom is 0.270 e. The SMILES string of the molecule is N#Cc1cc(N2CCC(Cn3ccnn3)CC2)nc2ccc([N+](=O)[O-])cc12. The first-order valence-corrected chi connectivity index (χ1v) is 8.72. The van der Waals surface area contributed by atoms with Gasteiger partial charge in [-0.15, -0.1) is 5.10 Å². The van der Waals surface area contributed by atoms with Gasteiger partial charge in [0.1, 0.15) is 5.82 Å². The summed E-state index contributed by atoms with van der Waals surface area (Å²) >= 11 is 0. The molecule has 0 aliphatic carbocycles. The van der Waals surface area contributed by atoms with Gasteiger partial charge in [0.2, 0.25) is 0 Å². The standard InChI is InChI=1S/C18H17N7O2/c19-11-14-9-18(21-17-2-1-15(25(26)27)10-16(14)17)23-6-3-13(4-7-23)12-24-8-5-20-22-24/h1-2,5,8-10,13H,3-4,6-7,12H2. The van der Waals surface area contributed by atoms with E-state index in [1.54, 1.807) is 18.3 Å². The summed E-state index contributed by atoms with van der Waals surface area (Å²) in [6.45, 7) is 2.54. The highest BCUT2D eigenvalue weighted by molar-refractivity contribution is 5.88. The van der Waals surface area contributed by atoms with Crippen molar-refractivity contribution in [1.82, 2.24) is 20.0 Å². The molecule has 0 N–H and O–H groups in total. The molecule has 1 aromatic carbocycles. The predicted molar refractivity (Wildman–Crippen MR) is 98.1 cm³/mol. The number of nitrogens with zero attached hydrogens (tertiary/aromatic N) is 7. The number of benzene rings is 1. The van der Waals surface area contributed by atoms with Crippen LogP contribution in [-0.2, 0) is 6.54 Å². The zero-order valence-corrected chi connectivity index (χ0v) is 14.5. The number of non-ortho nitro benzene ring substituents is 1. The molecule has 0 atom stereocenters. The Hall–Kier alpha value is -3.54. The second-order valence-corrected chi connectivity index (χ2v) is 6.65. The van der Waals surface area contributed by atoms with Crippen LogP contribution in [0.4, 0.5) is 11.5 Å². The molecule has 27 heavy (non-hydrogen) atoms. The number of nitriles is 1. The lowest BCUT2D eigenvalue weighted by Gasteiger charge is -2.32. The number of hydrogen-bond acceptors (Lipinski definition) is 7. The van der Waals surface area contributed by atoms with Crippen molar-refractivity contribution in [3.05, 3.63) is 52.3 Å². The van der Waals surface area contributed by atoms with E-state index in [2.05, 4.69) is 26.3 Å². The lowest BCUT2D eigenvalue weighted by atomic mass is 9.96. The summed E-state index contributed by atoms with van der Waals surface area (Å²) in [6, 6.07) is 8.31. The highest BCUT2D eigenvalue weighted by Gasteiger charge is 2.22. The number of anilines is 1. The molecule has 1 aliphatic rings. The lowest BCUT2D eigenvalue weighted by molar-refractivity contribution is -0.384. The predicted octanol–water partition coefficient (Wildman–Crippen LogP) is 2.52. The zero-order chi connectivity index (χ0) is 18.8. The van der Waals surface area contributed by atoms with Crippen LogP contribution >= 0.6 is 0 Å². The quantitative estimate of drug-likeness (QED) is 0.517. The van der Waals surface area contributed by atoms with Gasteiger partial charge in [-0.2, -0.15) is 5.26 Å². The second-order valence-electron chi connectivity index (χ2n) is 6.65. The summed E-state index contributed by atoms with van der Waals surface area (Å²) < 4.78 is 1.86. The molecule has 9 nitrogen and oxygen atoms in total. The zero-order valence-electron chi connectivity index (χ0n) is 14.5. The van der Waals surface area contributed by atoms with E-state index in [1.165, 1.54) is 12.1 Å². The van der Waals surface area contributed by atoms with Crippen molar-refractivity contribution < 1.29 is 4.92 Å². The minimum atomic E-state index is -0.464. The molecule has 4 rings (SSSR count). The van der Waals surface area contributed by atoms with E-state index in [1.807, 2.05) is 10.9 Å². The minimum Gasteiger partial charge on any atom is -0.357 e. The highest BCUT2D eigenvalue weighted by Crippen LogP contribution is 2.29. The molecule has 3 aromatic rings. The smallest absolute Gasteiger partial charge is 0.270 e. The van der Waals surface area contributed by atoms with Crippen LogP contribution in [0.3, 0.4) is 0 Å². The third kappa shape index (κ3) is 3.42. The van der Waals surface area contributed by atoms with Gasteiger partial charge >= 0.3 is 0 Å². The molecule has 0 radical (unpaired) electrons. The molecule has 3 heterocycles. The third-order valence-corrected chi connectivity index (χ3v) is 4.97. The fourth-order valence-corrected chi connectivity index (χ4v) is 3.51. The Morgan fingerprint density at radius 3 is 2.78 bits per heavy atom. The highest BCUT2D eigenvalue weighted by atomic mass is 16.6. The summed E-state index contributed by atoms with van der Waals surface area (Å²) in [5.41, 5.74) is 0.963. The number of nitro groups is 1. The normalized spacial score (nSPS) is 15.0. The summed E-state index contributed by atoms with van der Waals surface area (Å²) in [5.74, 6) is 1.27. The maximum absolute atomic E-state index is 11.0. The van der Waals surface area contributed by atoms with Gasteiger partial charge in [0.05, 0.1) is 28.3 Å². The van der Waals surface area contributed by atoms with E-state index < -0.39 is 4.92 Å². The molecule has 2 aromatic heterocycles. The first-order valence-electron chi connectivity index (χ1n) is 8.72. The van der Waals surface area contributed by atoms with Crippen LogP contribution in [0, 0.1) is 27.4 Å². The summed E-state index contributed by atoms with van der Waals surface area (Å²) in [5, 5.41) is 28.8. The molecule has 1 aliphatic heterocycles. The topological polar surface area (TPSA) is 114 Å². The van der Waals surface area contributed by atoms with Crippen LogP contribution in [0.25, 0.3) is 10.9 Å². The first kappa shape index (κ1) is 16.9. The van der Waals surface area contributed by atoms with Crippen molar-refractivity contribution in [2.75, 3.05) is 18.0 Å². The number of nitro benzene ring substituents is 1. The van der Waals surface area contributed by atoms with Gasteiger partial charge < -0.3 is 4.90 Å². The van der Waals surface area contributed by atoms with Gasteiger partial charge in [0, 0.05) is 43.4 Å². The number of piperidine rings is 1. The van der Waals surface area contributed by atoms with E-state index >= 15 is 0 Å². The molecule has 1 saturated heterocycles. The minimum absolute atomic E-state index is 0.0394. The van der Waals surface area contributed by atoms with Gasteiger partial charge in [-0.05, 0) is 30.9 Å². The number of hydrogen-bond donors (Lipinski definition) is 0. The summed E-state index contributed by atoms with van der Waals surface area (Å²) in [4.78, 5) is 17.3. The van der Waals surface area contributed by atoms with E-state index in [4.69, 9.17) is 0 Å². The van der Waals surface area contributed by atoms with Gasteiger partial charge in [0.25, 0.3) is 5.69 Å². The molecule has 0 saturated carbocycles. The second kappa shape index (κ2) is 6.99. The van der Waals surface area contributed by atoms with Crippen molar-refractivity contribution in [2.24, 2.45) is 5.92 Å². The summed E-state index contributed by atoms with van der Waals surface area (Å²) in [7, 11) is 0. The van der Waals surface area contributed by atoms with Crippen molar-refractivity contribution in [1.29, 1.82) is 5.26 Å². The van der Waals surface area contributed by atoms with Crippen molar-refractivity contribution in [3.63, 3.8) is 0 Å². The molecule has 136 valence electrons. The van der Waals surface area contributed by atoms with Gasteiger partial charge in [-0.25, -0.2) is 4.98 Å². The van der Waals surface area contributed by atoms with Crippen LogP contribution in [0.15, 0.2) is 36.7 Å². The van der Waals surface area contributed by atoms with Gasteiger partial charge in [0.15, 0.2) is 0 Å².